The van der Waals surface area contributed by atoms with Crippen LogP contribution in [0, 0.1) is 5.92 Å². The predicted molar refractivity (Wildman–Crippen MR) is 76.1 cm³/mol. The zero-order valence-electron chi connectivity index (χ0n) is 11.6. The maximum absolute atomic E-state index is 5.16. The first-order valence-electron chi connectivity index (χ1n) is 7.16. The zero-order valence-corrected chi connectivity index (χ0v) is 11.6. The number of nitrogens with one attached hydrogen (secondary N) is 1. The summed E-state index contributed by atoms with van der Waals surface area (Å²) in [7, 11) is 1.71. The number of benzene rings is 1. The number of methoxy groups -OCH3 is 1. The highest BCUT2D eigenvalue weighted by molar-refractivity contribution is 5.27. The van der Waals surface area contributed by atoms with E-state index in [1.807, 2.05) is 12.1 Å². The molecule has 1 saturated carbocycles. The minimum atomic E-state index is 0.672. The minimum Gasteiger partial charge on any atom is -0.497 e. The van der Waals surface area contributed by atoms with Gasteiger partial charge in [-0.05, 0) is 56.3 Å². The standard InChI is InChI=1S/C16H25NO/c1-13(15-5-3-4-6-15)17-12-11-14-7-9-16(18-2)10-8-14/h7-10,13,15,17H,3-6,11-12H2,1-2H3/t13-/m0/s1. The Labute approximate surface area is 111 Å². The number of hydrogen-bond acceptors (Lipinski definition) is 2. The molecule has 1 aromatic carbocycles. The van der Waals surface area contributed by atoms with Crippen molar-refractivity contribution in [2.75, 3.05) is 13.7 Å². The van der Waals surface area contributed by atoms with Crippen molar-refractivity contribution in [1.29, 1.82) is 0 Å². The molecule has 1 atom stereocenters. The van der Waals surface area contributed by atoms with Gasteiger partial charge in [0.05, 0.1) is 7.11 Å². The second-order valence-electron chi connectivity index (χ2n) is 5.39. The summed E-state index contributed by atoms with van der Waals surface area (Å²) in [5.41, 5.74) is 1.38. The van der Waals surface area contributed by atoms with Crippen molar-refractivity contribution in [2.24, 2.45) is 5.92 Å². The molecule has 1 fully saturated rings. The van der Waals surface area contributed by atoms with Crippen molar-refractivity contribution in [3.05, 3.63) is 29.8 Å². The summed E-state index contributed by atoms with van der Waals surface area (Å²) >= 11 is 0. The van der Waals surface area contributed by atoms with Gasteiger partial charge in [-0.2, -0.15) is 0 Å². The number of rotatable bonds is 6. The number of hydrogen-bond donors (Lipinski definition) is 1. The second-order valence-corrected chi connectivity index (χ2v) is 5.39. The lowest BCUT2D eigenvalue weighted by molar-refractivity contribution is 0.384. The van der Waals surface area contributed by atoms with Gasteiger partial charge in [0.25, 0.3) is 0 Å². The van der Waals surface area contributed by atoms with E-state index in [1.54, 1.807) is 7.11 Å². The van der Waals surface area contributed by atoms with Gasteiger partial charge in [-0.15, -0.1) is 0 Å². The van der Waals surface area contributed by atoms with Crippen LogP contribution in [0.2, 0.25) is 0 Å². The molecule has 100 valence electrons. The smallest absolute Gasteiger partial charge is 0.118 e. The van der Waals surface area contributed by atoms with Gasteiger partial charge in [0.15, 0.2) is 0 Å². The lowest BCUT2D eigenvalue weighted by Gasteiger charge is -2.20. The van der Waals surface area contributed by atoms with Gasteiger partial charge in [0, 0.05) is 6.04 Å². The van der Waals surface area contributed by atoms with Crippen LogP contribution < -0.4 is 10.1 Å². The average Bonchev–Trinajstić information content (AvgIpc) is 2.93. The fourth-order valence-electron chi connectivity index (χ4n) is 2.86. The molecular formula is C16H25NO. The quantitative estimate of drug-likeness (QED) is 0.832. The van der Waals surface area contributed by atoms with E-state index in [0.29, 0.717) is 6.04 Å². The number of ether oxygens (including phenoxy) is 1. The molecule has 2 rings (SSSR count). The normalized spacial score (nSPS) is 17.9. The van der Waals surface area contributed by atoms with Crippen molar-refractivity contribution in [2.45, 2.75) is 45.1 Å². The molecular weight excluding hydrogens is 222 g/mol. The average molecular weight is 247 g/mol. The van der Waals surface area contributed by atoms with Gasteiger partial charge >= 0.3 is 0 Å². The molecule has 0 unspecified atom stereocenters. The van der Waals surface area contributed by atoms with Crippen LogP contribution in [0.1, 0.15) is 38.2 Å². The summed E-state index contributed by atoms with van der Waals surface area (Å²) in [6, 6.07) is 9.05. The van der Waals surface area contributed by atoms with Crippen LogP contribution in [-0.4, -0.2) is 19.7 Å². The van der Waals surface area contributed by atoms with Crippen molar-refractivity contribution < 1.29 is 4.74 Å². The molecule has 0 radical (unpaired) electrons. The molecule has 18 heavy (non-hydrogen) atoms. The van der Waals surface area contributed by atoms with E-state index in [9.17, 15) is 0 Å². The fourth-order valence-corrected chi connectivity index (χ4v) is 2.86. The highest BCUT2D eigenvalue weighted by Crippen LogP contribution is 2.27. The van der Waals surface area contributed by atoms with Crippen molar-refractivity contribution in [1.82, 2.24) is 5.32 Å². The lowest BCUT2D eigenvalue weighted by Crippen LogP contribution is -2.33. The molecule has 0 bridgehead atoms. The maximum atomic E-state index is 5.16. The van der Waals surface area contributed by atoms with E-state index in [0.717, 1.165) is 24.6 Å². The van der Waals surface area contributed by atoms with Gasteiger partial charge in [-0.3, -0.25) is 0 Å². The Morgan fingerprint density at radius 1 is 1.22 bits per heavy atom. The van der Waals surface area contributed by atoms with E-state index < -0.39 is 0 Å². The highest BCUT2D eigenvalue weighted by atomic mass is 16.5. The Morgan fingerprint density at radius 2 is 1.89 bits per heavy atom. The first-order valence-corrected chi connectivity index (χ1v) is 7.16. The molecule has 2 nitrogen and oxygen atoms in total. The Morgan fingerprint density at radius 3 is 2.50 bits per heavy atom. The topological polar surface area (TPSA) is 21.3 Å². The van der Waals surface area contributed by atoms with Crippen molar-refractivity contribution in [3.8, 4) is 5.75 Å². The zero-order chi connectivity index (χ0) is 12.8. The summed E-state index contributed by atoms with van der Waals surface area (Å²) in [5.74, 6) is 1.84. The van der Waals surface area contributed by atoms with Crippen LogP contribution in [0.25, 0.3) is 0 Å². The van der Waals surface area contributed by atoms with Gasteiger partial charge in [0.2, 0.25) is 0 Å². The van der Waals surface area contributed by atoms with E-state index in [1.165, 1.54) is 31.2 Å². The molecule has 2 heteroatoms. The molecule has 1 aliphatic rings. The van der Waals surface area contributed by atoms with Gasteiger partial charge in [-0.1, -0.05) is 25.0 Å². The first-order chi connectivity index (χ1) is 8.79. The predicted octanol–water partition coefficient (Wildman–Crippen LogP) is 3.41. The van der Waals surface area contributed by atoms with Crippen LogP contribution in [0.3, 0.4) is 0 Å². The van der Waals surface area contributed by atoms with Gasteiger partial charge in [-0.25, -0.2) is 0 Å². The third-order valence-electron chi connectivity index (χ3n) is 4.15. The van der Waals surface area contributed by atoms with Gasteiger partial charge in [0.1, 0.15) is 5.75 Å². The molecule has 1 aliphatic carbocycles. The summed E-state index contributed by atoms with van der Waals surface area (Å²) in [4.78, 5) is 0. The largest absolute Gasteiger partial charge is 0.497 e. The molecule has 0 spiro atoms. The highest BCUT2D eigenvalue weighted by Gasteiger charge is 2.20. The molecule has 0 saturated heterocycles. The Balaban J connectivity index is 1.70. The molecule has 0 heterocycles. The Bertz CT molecular complexity index is 341. The molecule has 1 N–H and O–H groups in total. The summed E-state index contributed by atoms with van der Waals surface area (Å²) in [5, 5.41) is 3.67. The molecule has 1 aromatic rings. The van der Waals surface area contributed by atoms with Crippen LogP contribution in [0.15, 0.2) is 24.3 Å². The summed E-state index contributed by atoms with van der Waals surface area (Å²) < 4.78 is 5.16. The third-order valence-corrected chi connectivity index (χ3v) is 4.15. The maximum Gasteiger partial charge on any atom is 0.118 e. The molecule has 0 aromatic heterocycles. The SMILES string of the molecule is COc1ccc(CCN[C@@H](C)C2CCCC2)cc1. The fraction of sp³-hybridized carbons (Fsp3) is 0.625. The van der Waals surface area contributed by atoms with E-state index in [-0.39, 0.29) is 0 Å². The minimum absolute atomic E-state index is 0.672. The molecule has 0 amide bonds. The van der Waals surface area contributed by atoms with Gasteiger partial charge < -0.3 is 10.1 Å². The van der Waals surface area contributed by atoms with E-state index in [4.69, 9.17) is 4.74 Å². The van der Waals surface area contributed by atoms with E-state index in [2.05, 4.69) is 24.4 Å². The Hall–Kier alpha value is -1.02. The monoisotopic (exact) mass is 247 g/mol. The lowest BCUT2D eigenvalue weighted by atomic mass is 9.99. The first kappa shape index (κ1) is 13.4. The van der Waals surface area contributed by atoms with Crippen LogP contribution in [0.4, 0.5) is 0 Å². The summed E-state index contributed by atoms with van der Waals surface area (Å²) in [6.07, 6.45) is 6.78. The van der Waals surface area contributed by atoms with Crippen LogP contribution >= 0.6 is 0 Å². The Kier molecular flexibility index (Phi) is 5.06. The molecule has 0 aliphatic heterocycles. The second kappa shape index (κ2) is 6.79. The van der Waals surface area contributed by atoms with E-state index >= 15 is 0 Å². The third kappa shape index (κ3) is 3.74. The van der Waals surface area contributed by atoms with Crippen molar-refractivity contribution in [3.63, 3.8) is 0 Å². The van der Waals surface area contributed by atoms with Crippen LogP contribution in [-0.2, 0) is 6.42 Å². The van der Waals surface area contributed by atoms with Crippen molar-refractivity contribution >= 4 is 0 Å². The summed E-state index contributed by atoms with van der Waals surface area (Å²) in [6.45, 7) is 3.41. The van der Waals surface area contributed by atoms with Crippen LogP contribution in [0.5, 0.6) is 5.75 Å².